The Morgan fingerprint density at radius 3 is 1.79 bits per heavy atom. The zero-order valence-electron chi connectivity index (χ0n) is 13.5. The van der Waals surface area contributed by atoms with Gasteiger partial charge in [0.15, 0.2) is 9.84 Å². The zero-order chi connectivity index (χ0) is 15.5. The first-order chi connectivity index (χ1) is 8.16. The van der Waals surface area contributed by atoms with E-state index >= 15 is 0 Å². The van der Waals surface area contributed by atoms with E-state index in [2.05, 4.69) is 26.1 Å². The Morgan fingerprint density at radius 1 is 0.947 bits per heavy atom. The lowest BCUT2D eigenvalue weighted by molar-refractivity contribution is 0.0464. The summed E-state index contributed by atoms with van der Waals surface area (Å²) in [6.07, 6.45) is 0.822. The molecule has 0 aromatic carbocycles. The second-order valence-electron chi connectivity index (χ2n) is 7.60. The maximum atomic E-state index is 12.0. The van der Waals surface area contributed by atoms with Crippen LogP contribution in [0.3, 0.4) is 0 Å². The summed E-state index contributed by atoms with van der Waals surface area (Å²) in [7, 11) is -3.16. The summed E-state index contributed by atoms with van der Waals surface area (Å²) in [4.78, 5) is 0. The van der Waals surface area contributed by atoms with Crippen molar-refractivity contribution in [3.8, 4) is 0 Å². The third kappa shape index (κ3) is 7.90. The SMILES string of the molecule is CC(O)(CCNC(C)(C)C)CCS(=O)(=O)C(C)(C)C. The summed E-state index contributed by atoms with van der Waals surface area (Å²) in [6.45, 7) is 13.6. The van der Waals surface area contributed by atoms with E-state index in [4.69, 9.17) is 0 Å². The van der Waals surface area contributed by atoms with Crippen molar-refractivity contribution in [2.75, 3.05) is 12.3 Å². The monoisotopic (exact) mass is 293 g/mol. The first-order valence-corrected chi connectivity index (χ1v) is 8.51. The van der Waals surface area contributed by atoms with Gasteiger partial charge >= 0.3 is 0 Å². The summed E-state index contributed by atoms with van der Waals surface area (Å²) in [5.74, 6) is 0.0268. The molecular weight excluding hydrogens is 262 g/mol. The molecule has 0 aliphatic heterocycles. The fourth-order valence-electron chi connectivity index (χ4n) is 1.49. The van der Waals surface area contributed by atoms with Crippen LogP contribution >= 0.6 is 0 Å². The standard InChI is InChI=1S/C14H31NO3S/c1-12(2,3)15-10-8-14(7,16)9-11-19(17,18)13(4,5)6/h15-16H,8-11H2,1-7H3. The molecule has 0 radical (unpaired) electrons. The lowest BCUT2D eigenvalue weighted by Crippen LogP contribution is -2.41. The third-order valence-corrected chi connectivity index (χ3v) is 5.77. The van der Waals surface area contributed by atoms with Gasteiger partial charge in [-0.25, -0.2) is 8.42 Å². The van der Waals surface area contributed by atoms with Gasteiger partial charge in [-0.15, -0.1) is 0 Å². The van der Waals surface area contributed by atoms with Crippen LogP contribution in [0.1, 0.15) is 61.3 Å². The minimum atomic E-state index is -3.16. The van der Waals surface area contributed by atoms with Crippen molar-refractivity contribution in [2.24, 2.45) is 0 Å². The van der Waals surface area contributed by atoms with Gasteiger partial charge < -0.3 is 10.4 Å². The minimum Gasteiger partial charge on any atom is -0.390 e. The molecule has 0 spiro atoms. The molecule has 0 rings (SSSR count). The number of rotatable bonds is 6. The number of sulfone groups is 1. The van der Waals surface area contributed by atoms with Gasteiger partial charge in [0.25, 0.3) is 0 Å². The first-order valence-electron chi connectivity index (χ1n) is 6.86. The van der Waals surface area contributed by atoms with Gasteiger partial charge in [-0.05, 0) is 67.9 Å². The molecule has 0 aliphatic rings. The van der Waals surface area contributed by atoms with Crippen LogP contribution in [0.5, 0.6) is 0 Å². The predicted octanol–water partition coefficient (Wildman–Crippen LogP) is 2.12. The van der Waals surface area contributed by atoms with E-state index in [0.717, 1.165) is 0 Å². The maximum Gasteiger partial charge on any atom is 0.155 e. The molecule has 116 valence electrons. The second kappa shape index (κ2) is 6.10. The molecule has 5 heteroatoms. The highest BCUT2D eigenvalue weighted by atomic mass is 32.2. The minimum absolute atomic E-state index is 0.00751. The van der Waals surface area contributed by atoms with Crippen LogP contribution in [0.4, 0.5) is 0 Å². The number of hydrogen-bond acceptors (Lipinski definition) is 4. The molecule has 0 saturated heterocycles. The molecule has 0 heterocycles. The summed E-state index contributed by atoms with van der Waals surface area (Å²) >= 11 is 0. The summed E-state index contributed by atoms with van der Waals surface area (Å²) < 4.78 is 23.3. The quantitative estimate of drug-likeness (QED) is 0.787. The average Bonchev–Trinajstić information content (AvgIpc) is 2.10. The van der Waals surface area contributed by atoms with Crippen LogP contribution in [0.2, 0.25) is 0 Å². The molecule has 0 saturated carbocycles. The van der Waals surface area contributed by atoms with Gasteiger partial charge in [0.2, 0.25) is 0 Å². The summed E-state index contributed by atoms with van der Waals surface area (Å²) in [5, 5.41) is 13.5. The van der Waals surface area contributed by atoms with Crippen molar-refractivity contribution in [1.82, 2.24) is 5.32 Å². The zero-order valence-corrected chi connectivity index (χ0v) is 14.3. The van der Waals surface area contributed by atoms with Gasteiger partial charge in [0, 0.05) is 5.54 Å². The highest BCUT2D eigenvalue weighted by Crippen LogP contribution is 2.22. The number of nitrogens with one attached hydrogen (secondary N) is 1. The van der Waals surface area contributed by atoms with Gasteiger partial charge in [-0.3, -0.25) is 0 Å². The Labute approximate surface area is 118 Å². The fraction of sp³-hybridized carbons (Fsp3) is 1.00. The van der Waals surface area contributed by atoms with Gasteiger partial charge in [0.05, 0.1) is 16.1 Å². The Bertz CT molecular complexity index is 372. The Hall–Kier alpha value is -0.130. The Morgan fingerprint density at radius 2 is 1.42 bits per heavy atom. The van der Waals surface area contributed by atoms with Crippen molar-refractivity contribution < 1.29 is 13.5 Å². The fourth-order valence-corrected chi connectivity index (χ4v) is 2.81. The van der Waals surface area contributed by atoms with Crippen LogP contribution in [-0.4, -0.2) is 41.7 Å². The molecular formula is C14H31NO3S. The van der Waals surface area contributed by atoms with E-state index in [1.54, 1.807) is 27.7 Å². The lowest BCUT2D eigenvalue weighted by Gasteiger charge is -2.28. The van der Waals surface area contributed by atoms with Gasteiger partial charge in [-0.1, -0.05) is 0 Å². The largest absolute Gasteiger partial charge is 0.390 e. The van der Waals surface area contributed by atoms with Crippen molar-refractivity contribution in [3.05, 3.63) is 0 Å². The lowest BCUT2D eigenvalue weighted by atomic mass is 9.98. The summed E-state index contributed by atoms with van der Waals surface area (Å²) in [5.41, 5.74) is -0.940. The summed E-state index contributed by atoms with van der Waals surface area (Å²) in [6, 6.07) is 0. The van der Waals surface area contributed by atoms with Crippen LogP contribution in [0.25, 0.3) is 0 Å². The van der Waals surface area contributed by atoms with Crippen molar-refractivity contribution in [1.29, 1.82) is 0 Å². The van der Waals surface area contributed by atoms with E-state index in [1.807, 2.05) is 0 Å². The molecule has 0 aromatic rings. The highest BCUT2D eigenvalue weighted by molar-refractivity contribution is 7.92. The molecule has 19 heavy (non-hydrogen) atoms. The van der Waals surface area contributed by atoms with Crippen molar-refractivity contribution in [2.45, 2.75) is 77.2 Å². The van der Waals surface area contributed by atoms with Gasteiger partial charge in [-0.2, -0.15) is 0 Å². The van der Waals surface area contributed by atoms with Crippen LogP contribution in [0, 0.1) is 0 Å². The molecule has 2 N–H and O–H groups in total. The maximum absolute atomic E-state index is 12.0. The molecule has 1 unspecified atom stereocenters. The molecule has 4 nitrogen and oxygen atoms in total. The molecule has 0 amide bonds. The highest BCUT2D eigenvalue weighted by Gasteiger charge is 2.31. The van der Waals surface area contributed by atoms with Crippen molar-refractivity contribution >= 4 is 9.84 Å². The third-order valence-electron chi connectivity index (χ3n) is 3.16. The second-order valence-corrected chi connectivity index (χ2v) is 10.5. The van der Waals surface area contributed by atoms with E-state index in [0.29, 0.717) is 13.0 Å². The predicted molar refractivity (Wildman–Crippen MR) is 81.2 cm³/mol. The Balaban J connectivity index is 4.33. The van der Waals surface area contributed by atoms with Gasteiger partial charge in [0.1, 0.15) is 0 Å². The molecule has 0 fully saturated rings. The molecule has 1 atom stereocenters. The van der Waals surface area contributed by atoms with Crippen molar-refractivity contribution in [3.63, 3.8) is 0 Å². The first kappa shape index (κ1) is 18.9. The Kier molecular flexibility index (Phi) is 6.06. The normalized spacial score (nSPS) is 17.3. The number of hydrogen-bond donors (Lipinski definition) is 2. The molecule has 0 bridgehead atoms. The van der Waals surface area contributed by atoms with Crippen LogP contribution in [-0.2, 0) is 9.84 Å². The molecule has 0 aliphatic carbocycles. The van der Waals surface area contributed by atoms with Crippen LogP contribution in [0.15, 0.2) is 0 Å². The van der Waals surface area contributed by atoms with Crippen LogP contribution < -0.4 is 5.32 Å². The van der Waals surface area contributed by atoms with E-state index in [-0.39, 0.29) is 17.7 Å². The average molecular weight is 293 g/mol. The number of aliphatic hydroxyl groups is 1. The topological polar surface area (TPSA) is 66.4 Å². The van der Waals surface area contributed by atoms with E-state index < -0.39 is 20.2 Å². The van der Waals surface area contributed by atoms with E-state index in [1.165, 1.54) is 0 Å². The van der Waals surface area contributed by atoms with E-state index in [9.17, 15) is 13.5 Å². The smallest absolute Gasteiger partial charge is 0.155 e. The molecule has 0 aromatic heterocycles.